The van der Waals surface area contributed by atoms with Crippen molar-refractivity contribution in [2.24, 2.45) is 0 Å². The number of nitrogen functional groups attached to an aromatic ring is 1. The number of anilines is 2. The molecule has 0 spiro atoms. The molecule has 1 aromatic rings. The van der Waals surface area contributed by atoms with Crippen molar-refractivity contribution in [3.8, 4) is 0 Å². The van der Waals surface area contributed by atoms with Crippen LogP contribution in [-0.2, 0) is 6.42 Å². The van der Waals surface area contributed by atoms with Crippen molar-refractivity contribution >= 4 is 11.6 Å². The molecule has 2 heterocycles. The van der Waals surface area contributed by atoms with Crippen LogP contribution >= 0.6 is 0 Å². The number of nitrogens with zero attached hydrogens (tertiary/aromatic N) is 4. The molecule has 0 aliphatic carbocycles. The molecule has 0 saturated carbocycles. The van der Waals surface area contributed by atoms with E-state index >= 15 is 0 Å². The Morgan fingerprint density at radius 3 is 2.50 bits per heavy atom. The van der Waals surface area contributed by atoms with E-state index in [1.54, 1.807) is 6.33 Å². The van der Waals surface area contributed by atoms with Crippen LogP contribution in [0.4, 0.5) is 11.6 Å². The Hall–Kier alpha value is -1.36. The Morgan fingerprint density at radius 1 is 1.17 bits per heavy atom. The lowest BCUT2D eigenvalue weighted by Crippen LogP contribution is -2.46. The molecule has 0 radical (unpaired) electrons. The van der Waals surface area contributed by atoms with Crippen molar-refractivity contribution in [2.45, 2.75) is 26.7 Å². The van der Waals surface area contributed by atoms with Crippen LogP contribution in [0.25, 0.3) is 0 Å². The zero-order chi connectivity index (χ0) is 13.0. The quantitative estimate of drug-likeness (QED) is 0.867. The van der Waals surface area contributed by atoms with Crippen molar-refractivity contribution in [2.75, 3.05) is 43.4 Å². The van der Waals surface area contributed by atoms with Gasteiger partial charge in [0, 0.05) is 31.7 Å². The first-order chi connectivity index (χ1) is 8.76. The minimum atomic E-state index is 0.639. The zero-order valence-electron chi connectivity index (χ0n) is 11.4. The second-order valence-corrected chi connectivity index (χ2v) is 4.73. The summed E-state index contributed by atoms with van der Waals surface area (Å²) >= 11 is 0. The van der Waals surface area contributed by atoms with E-state index in [9.17, 15) is 0 Å². The Bertz CT molecular complexity index is 385. The van der Waals surface area contributed by atoms with Gasteiger partial charge in [0.15, 0.2) is 0 Å². The molecular formula is C13H23N5. The summed E-state index contributed by atoms with van der Waals surface area (Å²) in [6, 6.07) is 0. The maximum Gasteiger partial charge on any atom is 0.137 e. The third kappa shape index (κ3) is 2.72. The SMILES string of the molecule is CCCc1c(N)ncnc1N1CCN(CC)CC1. The van der Waals surface area contributed by atoms with E-state index in [4.69, 9.17) is 5.73 Å². The molecule has 2 N–H and O–H groups in total. The number of piperazine rings is 1. The van der Waals surface area contributed by atoms with Gasteiger partial charge in [-0.2, -0.15) is 0 Å². The Balaban J connectivity index is 2.15. The standard InChI is InChI=1S/C13H23N5/c1-3-5-11-12(14)15-10-16-13(11)18-8-6-17(4-2)7-9-18/h10H,3-9H2,1-2H3,(H2,14,15,16). The second-order valence-electron chi connectivity index (χ2n) is 4.73. The molecule has 1 aromatic heterocycles. The van der Waals surface area contributed by atoms with Crippen LogP contribution in [-0.4, -0.2) is 47.6 Å². The first kappa shape index (κ1) is 13.1. The summed E-state index contributed by atoms with van der Waals surface area (Å²) in [4.78, 5) is 13.4. The molecule has 0 aromatic carbocycles. The predicted molar refractivity (Wildman–Crippen MR) is 74.8 cm³/mol. The van der Waals surface area contributed by atoms with Crippen molar-refractivity contribution < 1.29 is 0 Å². The van der Waals surface area contributed by atoms with Gasteiger partial charge in [0.25, 0.3) is 0 Å². The van der Waals surface area contributed by atoms with Gasteiger partial charge in [-0.3, -0.25) is 0 Å². The fourth-order valence-corrected chi connectivity index (χ4v) is 2.45. The van der Waals surface area contributed by atoms with Crippen LogP contribution in [0.3, 0.4) is 0 Å². The smallest absolute Gasteiger partial charge is 0.137 e. The molecule has 0 bridgehead atoms. The predicted octanol–water partition coefficient (Wildman–Crippen LogP) is 1.15. The van der Waals surface area contributed by atoms with Crippen LogP contribution in [0.15, 0.2) is 6.33 Å². The van der Waals surface area contributed by atoms with E-state index in [1.807, 2.05) is 0 Å². The molecule has 0 atom stereocenters. The van der Waals surface area contributed by atoms with Gasteiger partial charge in [-0.15, -0.1) is 0 Å². The van der Waals surface area contributed by atoms with Gasteiger partial charge in [-0.05, 0) is 13.0 Å². The average molecular weight is 249 g/mol. The molecule has 1 fully saturated rings. The van der Waals surface area contributed by atoms with Gasteiger partial charge in [0.05, 0.1) is 0 Å². The summed E-state index contributed by atoms with van der Waals surface area (Å²) in [5.41, 5.74) is 7.10. The topological polar surface area (TPSA) is 58.3 Å². The van der Waals surface area contributed by atoms with Crippen molar-refractivity contribution in [1.82, 2.24) is 14.9 Å². The number of rotatable bonds is 4. The Labute approximate surface area is 109 Å². The van der Waals surface area contributed by atoms with Gasteiger partial charge >= 0.3 is 0 Å². The molecule has 1 saturated heterocycles. The lowest BCUT2D eigenvalue weighted by molar-refractivity contribution is 0.270. The van der Waals surface area contributed by atoms with E-state index in [-0.39, 0.29) is 0 Å². The fourth-order valence-electron chi connectivity index (χ4n) is 2.45. The van der Waals surface area contributed by atoms with Gasteiger partial charge in [-0.25, -0.2) is 9.97 Å². The summed E-state index contributed by atoms with van der Waals surface area (Å²) in [6.07, 6.45) is 3.60. The van der Waals surface area contributed by atoms with E-state index in [0.29, 0.717) is 5.82 Å². The van der Waals surface area contributed by atoms with Crippen LogP contribution in [0.2, 0.25) is 0 Å². The van der Waals surface area contributed by atoms with Crippen molar-refractivity contribution in [3.05, 3.63) is 11.9 Å². The molecule has 100 valence electrons. The van der Waals surface area contributed by atoms with Crippen LogP contribution in [0.5, 0.6) is 0 Å². The molecule has 1 aliphatic heterocycles. The maximum absolute atomic E-state index is 5.98. The normalized spacial score (nSPS) is 17.1. The van der Waals surface area contributed by atoms with Gasteiger partial charge < -0.3 is 15.5 Å². The van der Waals surface area contributed by atoms with E-state index in [0.717, 1.165) is 56.9 Å². The van der Waals surface area contributed by atoms with Gasteiger partial charge in [-0.1, -0.05) is 20.3 Å². The maximum atomic E-state index is 5.98. The lowest BCUT2D eigenvalue weighted by Gasteiger charge is -2.35. The van der Waals surface area contributed by atoms with Crippen LogP contribution < -0.4 is 10.6 Å². The van der Waals surface area contributed by atoms with E-state index in [1.165, 1.54) is 0 Å². The van der Waals surface area contributed by atoms with Crippen molar-refractivity contribution in [1.29, 1.82) is 0 Å². The number of likely N-dealkylation sites (N-methyl/N-ethyl adjacent to an activating group) is 1. The Morgan fingerprint density at radius 2 is 1.89 bits per heavy atom. The van der Waals surface area contributed by atoms with Crippen molar-refractivity contribution in [3.63, 3.8) is 0 Å². The molecule has 5 heteroatoms. The average Bonchev–Trinajstić information content (AvgIpc) is 2.41. The minimum absolute atomic E-state index is 0.639. The summed E-state index contributed by atoms with van der Waals surface area (Å²) in [5, 5.41) is 0. The monoisotopic (exact) mass is 249 g/mol. The second kappa shape index (κ2) is 6.00. The highest BCUT2D eigenvalue weighted by molar-refractivity contribution is 5.56. The van der Waals surface area contributed by atoms with Gasteiger partial charge in [0.2, 0.25) is 0 Å². The molecule has 5 nitrogen and oxygen atoms in total. The molecule has 2 rings (SSSR count). The molecule has 1 aliphatic rings. The summed E-state index contributed by atoms with van der Waals surface area (Å²) in [6.45, 7) is 9.76. The molecule has 0 amide bonds. The number of aromatic nitrogens is 2. The highest BCUT2D eigenvalue weighted by atomic mass is 15.3. The third-order valence-electron chi connectivity index (χ3n) is 3.57. The highest BCUT2D eigenvalue weighted by Crippen LogP contribution is 2.23. The number of hydrogen-bond acceptors (Lipinski definition) is 5. The van der Waals surface area contributed by atoms with Gasteiger partial charge in [0.1, 0.15) is 18.0 Å². The first-order valence-electron chi connectivity index (χ1n) is 6.82. The first-order valence-corrected chi connectivity index (χ1v) is 6.82. The third-order valence-corrected chi connectivity index (χ3v) is 3.57. The number of nitrogens with two attached hydrogens (primary N) is 1. The fraction of sp³-hybridized carbons (Fsp3) is 0.692. The Kier molecular flexibility index (Phi) is 4.36. The van der Waals surface area contributed by atoms with E-state index < -0.39 is 0 Å². The summed E-state index contributed by atoms with van der Waals surface area (Å²) < 4.78 is 0. The lowest BCUT2D eigenvalue weighted by atomic mass is 10.1. The number of hydrogen-bond donors (Lipinski definition) is 1. The summed E-state index contributed by atoms with van der Waals surface area (Å²) in [7, 11) is 0. The van der Waals surface area contributed by atoms with Crippen LogP contribution in [0, 0.1) is 0 Å². The molecule has 0 unspecified atom stereocenters. The zero-order valence-corrected chi connectivity index (χ0v) is 11.4. The molecule has 18 heavy (non-hydrogen) atoms. The minimum Gasteiger partial charge on any atom is -0.383 e. The largest absolute Gasteiger partial charge is 0.383 e. The van der Waals surface area contributed by atoms with Crippen LogP contribution in [0.1, 0.15) is 25.8 Å². The van der Waals surface area contributed by atoms with E-state index in [2.05, 4.69) is 33.6 Å². The molecular weight excluding hydrogens is 226 g/mol. The highest BCUT2D eigenvalue weighted by Gasteiger charge is 2.20. The summed E-state index contributed by atoms with van der Waals surface area (Å²) in [5.74, 6) is 1.68.